The van der Waals surface area contributed by atoms with E-state index in [0.29, 0.717) is 0 Å². The number of rotatable bonds is 4. The van der Waals surface area contributed by atoms with E-state index in [9.17, 15) is 0 Å². The van der Waals surface area contributed by atoms with Gasteiger partial charge in [-0.3, -0.25) is 4.90 Å². The van der Waals surface area contributed by atoms with Crippen molar-refractivity contribution in [2.75, 3.05) is 26.7 Å². The predicted molar refractivity (Wildman–Crippen MR) is 64.2 cm³/mol. The van der Waals surface area contributed by atoms with E-state index in [1.165, 1.54) is 30.1 Å². The molecule has 2 heterocycles. The quantitative estimate of drug-likeness (QED) is 0.841. The second-order valence-electron chi connectivity index (χ2n) is 4.31. The highest BCUT2D eigenvalue weighted by molar-refractivity contribution is 7.09. The Hall–Kier alpha value is -0.450. The number of thiazole rings is 1. The predicted octanol–water partition coefficient (Wildman–Crippen LogP) is 1.49. The molecule has 1 fully saturated rings. The van der Waals surface area contributed by atoms with Gasteiger partial charge in [-0.2, -0.15) is 0 Å². The van der Waals surface area contributed by atoms with Crippen LogP contribution in [0.15, 0.2) is 5.51 Å². The molecule has 2 rings (SSSR count). The molecule has 1 aromatic heterocycles. The van der Waals surface area contributed by atoms with Gasteiger partial charge in [-0.1, -0.05) is 0 Å². The van der Waals surface area contributed by atoms with Crippen LogP contribution < -0.4 is 5.32 Å². The molecule has 0 spiro atoms. The van der Waals surface area contributed by atoms with Crippen molar-refractivity contribution in [1.29, 1.82) is 0 Å². The molecule has 1 aliphatic rings. The molecule has 1 unspecified atom stereocenters. The lowest BCUT2D eigenvalue weighted by Gasteiger charge is -2.15. The smallest absolute Gasteiger partial charge is 0.0798 e. The fraction of sp³-hybridized carbons (Fsp3) is 0.727. The second-order valence-corrected chi connectivity index (χ2v) is 5.25. The maximum atomic E-state index is 4.29. The third-order valence-corrected chi connectivity index (χ3v) is 3.99. The van der Waals surface area contributed by atoms with Crippen molar-refractivity contribution in [1.82, 2.24) is 15.2 Å². The third kappa shape index (κ3) is 2.77. The maximum absolute atomic E-state index is 4.29. The number of likely N-dealkylation sites (tertiary alicyclic amines) is 1. The van der Waals surface area contributed by atoms with Gasteiger partial charge in [0.2, 0.25) is 0 Å². The highest BCUT2D eigenvalue weighted by atomic mass is 32.1. The van der Waals surface area contributed by atoms with Crippen LogP contribution in [0.4, 0.5) is 0 Å². The second kappa shape index (κ2) is 5.05. The monoisotopic (exact) mass is 225 g/mol. The first-order valence-electron chi connectivity index (χ1n) is 5.55. The number of hydrogen-bond acceptors (Lipinski definition) is 4. The minimum absolute atomic E-state index is 0.836. The van der Waals surface area contributed by atoms with E-state index < -0.39 is 0 Å². The summed E-state index contributed by atoms with van der Waals surface area (Å²) in [6.07, 6.45) is 1.33. The summed E-state index contributed by atoms with van der Waals surface area (Å²) in [7, 11) is 2.04. The number of aromatic nitrogens is 1. The molecular formula is C11H19N3S. The molecule has 84 valence electrons. The summed E-state index contributed by atoms with van der Waals surface area (Å²) in [5.74, 6) is 0.836. The van der Waals surface area contributed by atoms with Crippen LogP contribution in [0.25, 0.3) is 0 Å². The van der Waals surface area contributed by atoms with E-state index in [1.807, 2.05) is 12.6 Å². The van der Waals surface area contributed by atoms with E-state index in [0.717, 1.165) is 19.0 Å². The molecule has 0 bridgehead atoms. The zero-order valence-electron chi connectivity index (χ0n) is 9.49. The molecule has 0 amide bonds. The first kappa shape index (κ1) is 11.0. The number of nitrogens with zero attached hydrogens (tertiary/aromatic N) is 2. The Morgan fingerprint density at radius 2 is 2.53 bits per heavy atom. The Morgan fingerprint density at radius 1 is 1.67 bits per heavy atom. The molecule has 0 aromatic carbocycles. The van der Waals surface area contributed by atoms with E-state index >= 15 is 0 Å². The van der Waals surface area contributed by atoms with Crippen molar-refractivity contribution in [3.63, 3.8) is 0 Å². The van der Waals surface area contributed by atoms with Gasteiger partial charge in [0.15, 0.2) is 0 Å². The van der Waals surface area contributed by atoms with Crippen LogP contribution >= 0.6 is 11.3 Å². The number of aryl methyl sites for hydroxylation is 1. The summed E-state index contributed by atoms with van der Waals surface area (Å²) < 4.78 is 0. The van der Waals surface area contributed by atoms with Gasteiger partial charge >= 0.3 is 0 Å². The molecular weight excluding hydrogens is 206 g/mol. The van der Waals surface area contributed by atoms with Crippen LogP contribution in [-0.4, -0.2) is 36.6 Å². The van der Waals surface area contributed by atoms with Gasteiger partial charge in [-0.05, 0) is 39.4 Å². The maximum Gasteiger partial charge on any atom is 0.0798 e. The molecule has 1 atom stereocenters. The van der Waals surface area contributed by atoms with Gasteiger partial charge in [0, 0.05) is 18.0 Å². The summed E-state index contributed by atoms with van der Waals surface area (Å²) in [5.41, 5.74) is 3.16. The van der Waals surface area contributed by atoms with Crippen LogP contribution in [0.1, 0.15) is 17.0 Å². The molecule has 1 aromatic rings. The van der Waals surface area contributed by atoms with Crippen molar-refractivity contribution >= 4 is 11.3 Å². The number of nitrogens with one attached hydrogen (secondary N) is 1. The summed E-state index contributed by atoms with van der Waals surface area (Å²) in [5, 5.41) is 3.26. The minimum Gasteiger partial charge on any atom is -0.319 e. The zero-order chi connectivity index (χ0) is 10.7. The Labute approximate surface area is 95.5 Å². The molecule has 0 aliphatic carbocycles. The fourth-order valence-corrected chi connectivity index (χ4v) is 3.01. The molecule has 1 aliphatic heterocycles. The fourth-order valence-electron chi connectivity index (χ4n) is 2.19. The highest BCUT2D eigenvalue weighted by Crippen LogP contribution is 2.21. The number of hydrogen-bond donors (Lipinski definition) is 1. The van der Waals surface area contributed by atoms with Gasteiger partial charge < -0.3 is 5.32 Å². The van der Waals surface area contributed by atoms with E-state index in [2.05, 4.69) is 22.1 Å². The zero-order valence-corrected chi connectivity index (χ0v) is 10.3. The minimum atomic E-state index is 0.836. The van der Waals surface area contributed by atoms with E-state index in [-0.39, 0.29) is 0 Å². The van der Waals surface area contributed by atoms with Gasteiger partial charge in [-0.25, -0.2) is 4.98 Å². The lowest BCUT2D eigenvalue weighted by molar-refractivity contribution is 0.317. The SMILES string of the molecule is CNCC1CCN(Cc2scnc2C)C1. The van der Waals surface area contributed by atoms with Gasteiger partial charge in [0.25, 0.3) is 0 Å². The van der Waals surface area contributed by atoms with Crippen LogP contribution in [-0.2, 0) is 6.54 Å². The third-order valence-electron chi connectivity index (χ3n) is 3.07. The Bertz CT molecular complexity index is 311. The Balaban J connectivity index is 1.85. The summed E-state index contributed by atoms with van der Waals surface area (Å²) in [6.45, 7) is 6.82. The largest absolute Gasteiger partial charge is 0.319 e. The summed E-state index contributed by atoms with van der Waals surface area (Å²) >= 11 is 1.78. The van der Waals surface area contributed by atoms with Crippen molar-refractivity contribution in [2.45, 2.75) is 19.9 Å². The van der Waals surface area contributed by atoms with Crippen LogP contribution in [0.2, 0.25) is 0 Å². The standard InChI is InChI=1S/C11H19N3S/c1-9-11(15-8-13-9)7-14-4-3-10(6-14)5-12-2/h8,10,12H,3-7H2,1-2H3. The normalized spacial score (nSPS) is 22.4. The molecule has 3 nitrogen and oxygen atoms in total. The lowest BCUT2D eigenvalue weighted by Crippen LogP contribution is -2.24. The topological polar surface area (TPSA) is 28.2 Å². The van der Waals surface area contributed by atoms with Crippen molar-refractivity contribution in [3.05, 3.63) is 16.1 Å². The summed E-state index contributed by atoms with van der Waals surface area (Å²) in [4.78, 5) is 8.27. The van der Waals surface area contributed by atoms with Crippen molar-refractivity contribution in [2.24, 2.45) is 5.92 Å². The molecule has 1 saturated heterocycles. The van der Waals surface area contributed by atoms with Gasteiger partial charge in [0.1, 0.15) is 0 Å². The van der Waals surface area contributed by atoms with Crippen LogP contribution in [0.5, 0.6) is 0 Å². The van der Waals surface area contributed by atoms with Gasteiger partial charge in [-0.15, -0.1) is 11.3 Å². The first-order valence-corrected chi connectivity index (χ1v) is 6.43. The Kier molecular flexibility index (Phi) is 3.72. The van der Waals surface area contributed by atoms with Crippen LogP contribution in [0, 0.1) is 12.8 Å². The Morgan fingerprint density at radius 3 is 3.20 bits per heavy atom. The highest BCUT2D eigenvalue weighted by Gasteiger charge is 2.22. The molecule has 15 heavy (non-hydrogen) atoms. The van der Waals surface area contributed by atoms with E-state index in [4.69, 9.17) is 0 Å². The molecule has 4 heteroatoms. The first-order chi connectivity index (χ1) is 7.29. The van der Waals surface area contributed by atoms with Crippen molar-refractivity contribution < 1.29 is 0 Å². The lowest BCUT2D eigenvalue weighted by atomic mass is 10.1. The molecule has 1 N–H and O–H groups in total. The van der Waals surface area contributed by atoms with E-state index in [1.54, 1.807) is 11.3 Å². The summed E-state index contributed by atoms with van der Waals surface area (Å²) in [6, 6.07) is 0. The average Bonchev–Trinajstić information content (AvgIpc) is 2.79. The average molecular weight is 225 g/mol. The van der Waals surface area contributed by atoms with Crippen LogP contribution in [0.3, 0.4) is 0 Å². The van der Waals surface area contributed by atoms with Gasteiger partial charge in [0.05, 0.1) is 11.2 Å². The van der Waals surface area contributed by atoms with Crippen molar-refractivity contribution in [3.8, 4) is 0 Å². The molecule has 0 radical (unpaired) electrons. The molecule has 0 saturated carbocycles.